The van der Waals surface area contributed by atoms with Crippen LogP contribution in [0.1, 0.15) is 26.2 Å². The Morgan fingerprint density at radius 2 is 1.69 bits per heavy atom. The lowest BCUT2D eigenvalue weighted by Gasteiger charge is -2.23. The Labute approximate surface area is 99.1 Å². The van der Waals surface area contributed by atoms with E-state index in [0.717, 1.165) is 18.2 Å². The normalized spacial score (nSPS) is 11.9. The van der Waals surface area contributed by atoms with Crippen molar-refractivity contribution in [2.45, 2.75) is 26.2 Å². The van der Waals surface area contributed by atoms with Crippen molar-refractivity contribution in [3.63, 3.8) is 0 Å². The molecule has 1 N–H and O–H groups in total. The molecular formula is C9H24N2O4S. The molecule has 0 saturated heterocycles. The molecule has 0 spiro atoms. The summed E-state index contributed by atoms with van der Waals surface area (Å²) in [7, 11) is 2.83. The summed E-state index contributed by atoms with van der Waals surface area (Å²) in [6.07, 6.45) is 3.94. The summed E-state index contributed by atoms with van der Waals surface area (Å²) < 4.78 is 31.9. The highest BCUT2D eigenvalue weighted by Crippen LogP contribution is 1.92. The molecule has 0 bridgehead atoms. The molecule has 0 rings (SSSR count). The number of hydrogen-bond donors (Lipinski definition) is 1. The van der Waals surface area contributed by atoms with Crippen molar-refractivity contribution in [2.75, 3.05) is 34.8 Å². The zero-order valence-electron chi connectivity index (χ0n) is 10.8. The molecule has 6 nitrogen and oxygen atoms in total. The van der Waals surface area contributed by atoms with Crippen LogP contribution in [0.25, 0.3) is 0 Å². The first kappa shape index (κ1) is 18.2. The average Bonchev–Trinajstić information content (AvgIpc) is 2.11. The SMILES string of the molecule is CCCCCN[N+](C)(C)C.COS(=O)(=O)[O-]. The second-order valence-electron chi connectivity index (χ2n) is 4.20. The predicted molar refractivity (Wildman–Crippen MR) is 62.3 cm³/mol. The maximum Gasteiger partial charge on any atom is 0.217 e. The van der Waals surface area contributed by atoms with Gasteiger partial charge in [0.1, 0.15) is 0 Å². The fraction of sp³-hybridized carbons (Fsp3) is 1.00. The number of rotatable bonds is 6. The molecule has 0 radical (unpaired) electrons. The fourth-order valence-corrected chi connectivity index (χ4v) is 0.789. The third kappa shape index (κ3) is 23.5. The standard InChI is InChI=1S/C8H21N2.CH4O4S/c1-5-6-7-8-9-10(2,3)4;1-5-6(2,3)4/h9H,5-8H2,1-4H3;1H3,(H,2,3,4)/q+1;/p-1. The molecule has 0 aromatic rings. The minimum Gasteiger partial charge on any atom is -0.726 e. The maximum absolute atomic E-state index is 9.22. The van der Waals surface area contributed by atoms with E-state index in [1.165, 1.54) is 19.3 Å². The third-order valence-corrected chi connectivity index (χ3v) is 1.98. The highest BCUT2D eigenvalue weighted by molar-refractivity contribution is 7.80. The molecule has 0 fully saturated rings. The van der Waals surface area contributed by atoms with Crippen LogP contribution < -0.4 is 5.43 Å². The van der Waals surface area contributed by atoms with Crippen molar-refractivity contribution in [3.8, 4) is 0 Å². The van der Waals surface area contributed by atoms with Gasteiger partial charge in [0.25, 0.3) is 0 Å². The molecule has 7 heteroatoms. The van der Waals surface area contributed by atoms with Gasteiger partial charge in [-0.05, 0) is 6.42 Å². The molecule has 0 aromatic carbocycles. The van der Waals surface area contributed by atoms with E-state index in [-0.39, 0.29) is 0 Å². The molecule has 0 saturated carbocycles. The van der Waals surface area contributed by atoms with E-state index < -0.39 is 10.4 Å². The molecule has 0 aromatic heterocycles. The van der Waals surface area contributed by atoms with Crippen molar-refractivity contribution >= 4 is 10.4 Å². The van der Waals surface area contributed by atoms with Crippen LogP contribution in [0.15, 0.2) is 0 Å². The zero-order valence-corrected chi connectivity index (χ0v) is 11.6. The lowest BCUT2D eigenvalue weighted by molar-refractivity contribution is -0.915. The van der Waals surface area contributed by atoms with E-state index in [1.807, 2.05) is 0 Å². The third-order valence-electron chi connectivity index (χ3n) is 1.57. The first-order chi connectivity index (χ1) is 7.12. The van der Waals surface area contributed by atoms with E-state index in [0.29, 0.717) is 0 Å². The number of hydrogen-bond acceptors (Lipinski definition) is 5. The largest absolute Gasteiger partial charge is 0.726 e. The van der Waals surface area contributed by atoms with Gasteiger partial charge < -0.3 is 4.55 Å². The van der Waals surface area contributed by atoms with Gasteiger partial charge in [-0.2, -0.15) is 5.43 Å². The lowest BCUT2D eigenvalue weighted by atomic mass is 10.2. The Balaban J connectivity index is 0. The van der Waals surface area contributed by atoms with Gasteiger partial charge >= 0.3 is 0 Å². The minimum atomic E-state index is -4.41. The van der Waals surface area contributed by atoms with Crippen molar-refractivity contribution in [1.29, 1.82) is 0 Å². The molecule has 100 valence electrons. The zero-order chi connectivity index (χ0) is 13.2. The number of unbranched alkanes of at least 4 members (excludes halogenated alkanes) is 2. The average molecular weight is 256 g/mol. The van der Waals surface area contributed by atoms with Crippen molar-refractivity contribution in [3.05, 3.63) is 0 Å². The summed E-state index contributed by atoms with van der Waals surface area (Å²) in [5, 5.41) is 0. The predicted octanol–water partition coefficient (Wildman–Crippen LogP) is 0.480. The fourth-order valence-electron chi connectivity index (χ4n) is 0.789. The van der Waals surface area contributed by atoms with Crippen LogP contribution >= 0.6 is 0 Å². The van der Waals surface area contributed by atoms with Gasteiger partial charge in [0.05, 0.1) is 28.3 Å². The molecule has 0 heterocycles. The van der Waals surface area contributed by atoms with Gasteiger partial charge in [0.2, 0.25) is 10.4 Å². The second-order valence-corrected chi connectivity index (χ2v) is 5.35. The lowest BCUT2D eigenvalue weighted by Crippen LogP contribution is -2.48. The molecular weight excluding hydrogens is 232 g/mol. The van der Waals surface area contributed by atoms with Gasteiger partial charge in [-0.1, -0.05) is 19.8 Å². The monoisotopic (exact) mass is 256 g/mol. The van der Waals surface area contributed by atoms with E-state index in [2.05, 4.69) is 37.7 Å². The topological polar surface area (TPSA) is 78.5 Å². The molecule has 0 aliphatic rings. The first-order valence-electron chi connectivity index (χ1n) is 5.20. The Hall–Kier alpha value is -0.210. The van der Waals surface area contributed by atoms with Gasteiger partial charge in [-0.3, -0.25) is 8.78 Å². The van der Waals surface area contributed by atoms with Crippen LogP contribution in [0.5, 0.6) is 0 Å². The molecule has 0 aliphatic heterocycles. The maximum atomic E-state index is 9.22. The highest BCUT2D eigenvalue weighted by atomic mass is 32.3. The molecule has 0 atom stereocenters. The quantitative estimate of drug-likeness (QED) is 0.246. The smallest absolute Gasteiger partial charge is 0.217 e. The van der Waals surface area contributed by atoms with Gasteiger partial charge in [0, 0.05) is 6.54 Å². The first-order valence-corrected chi connectivity index (χ1v) is 6.53. The summed E-state index contributed by atoms with van der Waals surface area (Å²) in [6.45, 7) is 3.36. The molecule has 0 aliphatic carbocycles. The van der Waals surface area contributed by atoms with E-state index >= 15 is 0 Å². The summed E-state index contributed by atoms with van der Waals surface area (Å²) in [4.78, 5) is 0. The number of nitrogens with one attached hydrogen (secondary N) is 1. The Kier molecular flexibility index (Phi) is 10.1. The summed E-state index contributed by atoms with van der Waals surface area (Å²) in [6, 6.07) is 0. The Morgan fingerprint density at radius 1 is 1.25 bits per heavy atom. The van der Waals surface area contributed by atoms with Crippen molar-refractivity contribution in [2.24, 2.45) is 0 Å². The molecule has 0 unspecified atom stereocenters. The minimum absolute atomic E-state index is 0.808. The van der Waals surface area contributed by atoms with Crippen molar-refractivity contribution in [1.82, 2.24) is 5.43 Å². The number of quaternary nitrogens is 1. The Bertz CT molecular complexity index is 247. The van der Waals surface area contributed by atoms with Crippen molar-refractivity contribution < 1.29 is 21.7 Å². The number of nitrogens with zero attached hydrogens (tertiary/aromatic N) is 1. The molecule has 0 amide bonds. The Morgan fingerprint density at radius 3 is 1.94 bits per heavy atom. The van der Waals surface area contributed by atoms with E-state index in [1.54, 1.807) is 0 Å². The highest BCUT2D eigenvalue weighted by Gasteiger charge is 2.03. The van der Waals surface area contributed by atoms with Gasteiger partial charge in [-0.25, -0.2) is 8.42 Å². The van der Waals surface area contributed by atoms with Crippen LogP contribution in [0.4, 0.5) is 0 Å². The van der Waals surface area contributed by atoms with Crippen LogP contribution in [-0.2, 0) is 14.6 Å². The van der Waals surface area contributed by atoms with E-state index in [9.17, 15) is 13.0 Å². The summed E-state index contributed by atoms with van der Waals surface area (Å²) >= 11 is 0. The van der Waals surface area contributed by atoms with E-state index in [4.69, 9.17) is 0 Å². The van der Waals surface area contributed by atoms with Gasteiger partial charge in [0.15, 0.2) is 0 Å². The van der Waals surface area contributed by atoms with Gasteiger partial charge in [-0.15, -0.1) is 0 Å². The van der Waals surface area contributed by atoms with Crippen LogP contribution in [0.2, 0.25) is 0 Å². The van der Waals surface area contributed by atoms with Crippen LogP contribution in [0, 0.1) is 0 Å². The van der Waals surface area contributed by atoms with Crippen LogP contribution in [0.3, 0.4) is 0 Å². The second kappa shape index (κ2) is 8.89. The summed E-state index contributed by atoms with van der Waals surface area (Å²) in [5.74, 6) is 0. The summed E-state index contributed by atoms with van der Waals surface area (Å²) in [5.41, 5.74) is 3.39. The van der Waals surface area contributed by atoms with Crippen LogP contribution in [-0.4, -0.2) is 52.4 Å². The molecule has 16 heavy (non-hydrogen) atoms.